The average Bonchev–Trinajstić information content (AvgIpc) is 3.47. The minimum absolute atomic E-state index is 0.158. The number of benzene rings is 3. The lowest BCUT2D eigenvalue weighted by molar-refractivity contribution is 0.471. The van der Waals surface area contributed by atoms with E-state index in [-0.39, 0.29) is 17.8 Å². The molecule has 2 N–H and O–H groups in total. The van der Waals surface area contributed by atoms with Crippen LogP contribution in [0.4, 0.5) is 5.69 Å². The number of rotatable bonds is 6. The van der Waals surface area contributed by atoms with Crippen LogP contribution >= 0.6 is 23.8 Å². The molecule has 0 bridgehead atoms. The van der Waals surface area contributed by atoms with Crippen molar-refractivity contribution in [3.63, 3.8) is 0 Å². The Bertz CT molecular complexity index is 1720. The van der Waals surface area contributed by atoms with Gasteiger partial charge in [0, 0.05) is 28.3 Å². The third kappa shape index (κ3) is 5.14. The fourth-order valence-electron chi connectivity index (χ4n) is 5.50. The van der Waals surface area contributed by atoms with E-state index >= 15 is 0 Å². The topological polar surface area (TPSA) is 62.5 Å². The van der Waals surface area contributed by atoms with Crippen molar-refractivity contribution < 1.29 is 9.84 Å². The second-order valence-corrected chi connectivity index (χ2v) is 11.0. The maximum Gasteiger partial charge on any atom is 0.174 e. The van der Waals surface area contributed by atoms with E-state index in [1.54, 1.807) is 24.4 Å². The van der Waals surface area contributed by atoms with Crippen molar-refractivity contribution in [2.75, 3.05) is 4.90 Å². The van der Waals surface area contributed by atoms with Gasteiger partial charge in [0.15, 0.2) is 5.11 Å². The molecule has 2 atom stereocenters. The van der Waals surface area contributed by atoms with Gasteiger partial charge < -0.3 is 24.6 Å². The molecule has 3 heterocycles. The monoisotopic (exact) mass is 580 g/mol. The molecular formula is C33H29ClN4O2S. The lowest BCUT2D eigenvalue weighted by Crippen LogP contribution is -2.29. The van der Waals surface area contributed by atoms with Gasteiger partial charge in [-0.3, -0.25) is 4.98 Å². The van der Waals surface area contributed by atoms with Crippen LogP contribution in [0, 0.1) is 20.8 Å². The molecule has 6 nitrogen and oxygen atoms in total. The summed E-state index contributed by atoms with van der Waals surface area (Å²) in [4.78, 5) is 6.81. The van der Waals surface area contributed by atoms with Gasteiger partial charge in [-0.15, -0.1) is 0 Å². The van der Waals surface area contributed by atoms with Crippen molar-refractivity contribution in [1.82, 2.24) is 14.9 Å². The number of phenols is 1. The molecule has 1 aliphatic heterocycles. The zero-order valence-corrected chi connectivity index (χ0v) is 24.4. The average molecular weight is 581 g/mol. The number of hydrogen-bond donors (Lipinski definition) is 2. The zero-order chi connectivity index (χ0) is 28.7. The van der Waals surface area contributed by atoms with Crippen LogP contribution in [0.2, 0.25) is 5.02 Å². The molecule has 0 radical (unpaired) electrons. The molecule has 6 rings (SSSR count). The van der Waals surface area contributed by atoms with Crippen LogP contribution in [-0.2, 0) is 0 Å². The van der Waals surface area contributed by atoms with Crippen molar-refractivity contribution in [1.29, 1.82) is 0 Å². The maximum absolute atomic E-state index is 10.7. The van der Waals surface area contributed by atoms with Crippen molar-refractivity contribution in [3.05, 3.63) is 130 Å². The minimum atomic E-state index is -0.206. The molecule has 3 aromatic carbocycles. The summed E-state index contributed by atoms with van der Waals surface area (Å²) in [7, 11) is 0. The van der Waals surface area contributed by atoms with Crippen molar-refractivity contribution in [3.8, 4) is 22.9 Å². The van der Waals surface area contributed by atoms with Crippen LogP contribution in [0.3, 0.4) is 0 Å². The van der Waals surface area contributed by atoms with Gasteiger partial charge >= 0.3 is 0 Å². The van der Waals surface area contributed by atoms with E-state index in [2.05, 4.69) is 35.1 Å². The smallest absolute Gasteiger partial charge is 0.174 e. The quantitative estimate of drug-likeness (QED) is 0.198. The highest BCUT2D eigenvalue weighted by molar-refractivity contribution is 7.80. The largest absolute Gasteiger partial charge is 0.506 e. The molecule has 2 aromatic heterocycles. The number of pyridine rings is 1. The highest BCUT2D eigenvalue weighted by atomic mass is 35.5. The summed E-state index contributed by atoms with van der Waals surface area (Å²) in [5, 5.41) is 15.4. The molecule has 0 saturated carbocycles. The normalized spacial score (nSPS) is 16.6. The standard InChI is InChI=1S/C33H29ClN4O2S/c1-20-7-12-25(13-8-20)40-26-14-10-24(11-15-26)38-32(31(36-33(38)41)28-6-4-5-17-35-28)27-18-21(2)37(22(27)3)29-19-23(34)9-16-30(29)39/h4-19,31-32,39H,1-3H3,(H,36,41)/t31-,32-/m1/s1. The molecule has 8 heteroatoms. The molecule has 41 heavy (non-hydrogen) atoms. The van der Waals surface area contributed by atoms with E-state index in [0.29, 0.717) is 15.8 Å². The van der Waals surface area contributed by atoms with Crippen molar-refractivity contribution in [2.45, 2.75) is 32.9 Å². The van der Waals surface area contributed by atoms with Gasteiger partial charge in [-0.05, 0) is 111 Å². The number of nitrogens with zero attached hydrogens (tertiary/aromatic N) is 3. The molecule has 1 aliphatic rings. The van der Waals surface area contributed by atoms with Crippen LogP contribution < -0.4 is 15.0 Å². The summed E-state index contributed by atoms with van der Waals surface area (Å²) in [6.07, 6.45) is 1.80. The van der Waals surface area contributed by atoms with Crippen LogP contribution in [0.25, 0.3) is 5.69 Å². The molecule has 0 amide bonds. The summed E-state index contributed by atoms with van der Waals surface area (Å²) in [6, 6.07) is 28.6. The second-order valence-electron chi connectivity index (χ2n) is 10.2. The first-order chi connectivity index (χ1) is 19.8. The number of hydrogen-bond acceptors (Lipinski definition) is 4. The molecule has 5 aromatic rings. The fourth-order valence-corrected chi connectivity index (χ4v) is 6.01. The van der Waals surface area contributed by atoms with E-state index in [4.69, 9.17) is 28.6 Å². The lowest BCUT2D eigenvalue weighted by Gasteiger charge is -2.28. The predicted molar refractivity (Wildman–Crippen MR) is 168 cm³/mol. The van der Waals surface area contributed by atoms with Crippen molar-refractivity contribution in [2.24, 2.45) is 0 Å². The van der Waals surface area contributed by atoms with Gasteiger partial charge in [0.1, 0.15) is 17.2 Å². The van der Waals surface area contributed by atoms with Gasteiger partial charge in [-0.25, -0.2) is 0 Å². The summed E-state index contributed by atoms with van der Waals surface area (Å²) < 4.78 is 8.10. The number of nitrogens with one attached hydrogen (secondary N) is 1. The van der Waals surface area contributed by atoms with E-state index in [9.17, 15) is 5.11 Å². The van der Waals surface area contributed by atoms with Gasteiger partial charge in [0.2, 0.25) is 0 Å². The predicted octanol–water partition coefficient (Wildman–Crippen LogP) is 8.13. The minimum Gasteiger partial charge on any atom is -0.506 e. The SMILES string of the molecule is Cc1ccc(Oc2ccc(N3C(=S)N[C@H](c4ccccn4)[C@H]3c3cc(C)n(-c4cc(Cl)ccc4O)c3C)cc2)cc1. The second kappa shape index (κ2) is 10.9. The Morgan fingerprint density at radius 1 is 0.902 bits per heavy atom. The molecular weight excluding hydrogens is 552 g/mol. The van der Waals surface area contributed by atoms with Gasteiger partial charge in [0.25, 0.3) is 0 Å². The number of aromatic nitrogens is 2. The zero-order valence-electron chi connectivity index (χ0n) is 22.9. The van der Waals surface area contributed by atoms with Crippen LogP contribution in [0.5, 0.6) is 17.2 Å². The maximum atomic E-state index is 10.7. The van der Waals surface area contributed by atoms with Crippen molar-refractivity contribution >= 4 is 34.6 Å². The molecule has 0 spiro atoms. The number of halogens is 1. The Kier molecular flexibility index (Phi) is 7.15. The highest BCUT2D eigenvalue weighted by Crippen LogP contribution is 2.44. The number of phenolic OH excluding ortho intramolecular Hbond substituents is 1. The Hall–Kier alpha value is -4.33. The van der Waals surface area contributed by atoms with Gasteiger partial charge in [0.05, 0.1) is 23.5 Å². The van der Waals surface area contributed by atoms with E-state index in [0.717, 1.165) is 39.8 Å². The lowest BCUT2D eigenvalue weighted by atomic mass is 9.96. The van der Waals surface area contributed by atoms with Crippen LogP contribution in [0.1, 0.15) is 40.3 Å². The van der Waals surface area contributed by atoms with Crippen LogP contribution in [-0.4, -0.2) is 19.8 Å². The highest BCUT2D eigenvalue weighted by Gasteiger charge is 2.42. The molecule has 0 aliphatic carbocycles. The summed E-state index contributed by atoms with van der Waals surface area (Å²) in [5.41, 5.74) is 6.63. The number of thiocarbonyl (C=S) groups is 1. The first-order valence-electron chi connectivity index (χ1n) is 13.3. The number of aryl methyl sites for hydroxylation is 2. The summed E-state index contributed by atoms with van der Waals surface area (Å²) in [6.45, 7) is 6.13. The molecule has 1 saturated heterocycles. The summed E-state index contributed by atoms with van der Waals surface area (Å²) in [5.74, 6) is 1.68. The fraction of sp³-hybridized carbons (Fsp3) is 0.152. The van der Waals surface area contributed by atoms with E-state index < -0.39 is 0 Å². The van der Waals surface area contributed by atoms with Gasteiger partial charge in [-0.2, -0.15) is 0 Å². The Labute approximate surface area is 249 Å². The van der Waals surface area contributed by atoms with E-state index in [1.807, 2.05) is 78.2 Å². The Balaban J connectivity index is 1.42. The third-order valence-corrected chi connectivity index (χ3v) is 7.99. The Morgan fingerprint density at radius 3 is 2.29 bits per heavy atom. The van der Waals surface area contributed by atoms with E-state index in [1.165, 1.54) is 5.56 Å². The first kappa shape index (κ1) is 26.9. The Morgan fingerprint density at radius 2 is 1.61 bits per heavy atom. The van der Waals surface area contributed by atoms with Gasteiger partial charge in [-0.1, -0.05) is 35.4 Å². The molecule has 0 unspecified atom stereocenters. The molecule has 1 fully saturated rings. The third-order valence-electron chi connectivity index (χ3n) is 7.44. The van der Waals surface area contributed by atoms with Crippen LogP contribution in [0.15, 0.2) is 97.2 Å². The summed E-state index contributed by atoms with van der Waals surface area (Å²) >= 11 is 12.3. The molecule has 206 valence electrons. The first-order valence-corrected chi connectivity index (χ1v) is 14.1. The number of aromatic hydroxyl groups is 1. The number of anilines is 1. The number of ether oxygens (including phenoxy) is 1.